The molecule has 10 heteroatoms. The highest BCUT2D eigenvalue weighted by Crippen LogP contribution is 2.27. The van der Waals surface area contributed by atoms with Gasteiger partial charge in [0.1, 0.15) is 17.1 Å². The molecule has 220 valence electrons. The number of ether oxygens (including phenoxy) is 1. The Morgan fingerprint density at radius 1 is 1.05 bits per heavy atom. The van der Waals surface area contributed by atoms with Crippen molar-refractivity contribution in [2.75, 3.05) is 24.2 Å². The van der Waals surface area contributed by atoms with E-state index in [1.165, 1.54) is 18.1 Å². The van der Waals surface area contributed by atoms with Crippen LogP contribution in [0.1, 0.15) is 39.2 Å². The Morgan fingerprint density at radius 3 is 2.50 bits per heavy atom. The van der Waals surface area contributed by atoms with Gasteiger partial charge in [0.2, 0.25) is 0 Å². The van der Waals surface area contributed by atoms with Crippen LogP contribution in [0.25, 0.3) is 10.9 Å². The lowest BCUT2D eigenvalue weighted by Gasteiger charge is -2.11. The number of carbonyl (C=O) groups excluding carboxylic acids is 2. The van der Waals surface area contributed by atoms with E-state index in [1.54, 1.807) is 0 Å². The number of rotatable bonds is 13. The second kappa shape index (κ2) is 14.7. The summed E-state index contributed by atoms with van der Waals surface area (Å²) in [5.41, 5.74) is 12.3. The Labute approximate surface area is 255 Å². The lowest BCUT2D eigenvalue weighted by atomic mass is 10.1. The number of carbonyl (C=O) groups is 2. The number of aromatic amines is 1. The van der Waals surface area contributed by atoms with Gasteiger partial charge in [-0.2, -0.15) is 0 Å². The zero-order valence-electron chi connectivity index (χ0n) is 24.0. The van der Waals surface area contributed by atoms with Gasteiger partial charge < -0.3 is 26.1 Å². The van der Waals surface area contributed by atoms with Gasteiger partial charge in [-0.05, 0) is 92.6 Å². The van der Waals surface area contributed by atoms with Crippen LogP contribution in [0.3, 0.4) is 0 Å². The van der Waals surface area contributed by atoms with Gasteiger partial charge in [0.15, 0.2) is 0 Å². The van der Waals surface area contributed by atoms with Gasteiger partial charge in [0.25, 0.3) is 11.8 Å². The summed E-state index contributed by atoms with van der Waals surface area (Å²) in [5, 5.41) is 7.54. The molecule has 0 spiro atoms. The molecular weight excluding hydrogens is 570 g/mol. The predicted molar refractivity (Wildman–Crippen MR) is 173 cm³/mol. The van der Waals surface area contributed by atoms with Gasteiger partial charge in [-0.1, -0.05) is 47.5 Å². The number of halogens is 1. The normalized spacial score (nSPS) is 11.4. The minimum absolute atomic E-state index is 0.0673. The number of hydrogen-bond donors (Lipinski definition) is 5. The minimum Gasteiger partial charge on any atom is -0.494 e. The first-order valence-electron chi connectivity index (χ1n) is 13.7. The van der Waals surface area contributed by atoms with Crippen molar-refractivity contribution < 1.29 is 14.3 Å². The van der Waals surface area contributed by atoms with E-state index in [0.29, 0.717) is 31.0 Å². The Kier molecular flexibility index (Phi) is 10.8. The van der Waals surface area contributed by atoms with Gasteiger partial charge in [0, 0.05) is 40.1 Å². The van der Waals surface area contributed by atoms with E-state index >= 15 is 0 Å². The van der Waals surface area contributed by atoms with Gasteiger partial charge >= 0.3 is 0 Å². The molecule has 42 heavy (non-hydrogen) atoms. The van der Waals surface area contributed by atoms with Crippen LogP contribution >= 0.6 is 23.5 Å². The van der Waals surface area contributed by atoms with Crippen LogP contribution in [0, 0.1) is 20.8 Å². The molecule has 0 bridgehead atoms. The maximum Gasteiger partial charge on any atom is 0.277 e. The van der Waals surface area contributed by atoms with Crippen LogP contribution in [0.5, 0.6) is 5.75 Å². The average Bonchev–Trinajstić information content (AvgIpc) is 3.35. The standard InChI is InChI=1S/C32H36ClN5O3S/c1-20-10-12-23(13-11-20)36-19-27(34)31(39)35-14-16-42-38-32(40)30-26(25-7-4-5-9-28(25)37-30)8-6-15-41-24-17-21(2)29(33)22(3)18-24/h4-5,7,9-13,17-19,36-37H,6,8,14-16,34H2,1-3H3,(H,35,39)(H,38,40)/b27-19-. The maximum absolute atomic E-state index is 13.1. The Morgan fingerprint density at radius 2 is 1.76 bits per heavy atom. The molecule has 0 fully saturated rings. The number of aromatic nitrogens is 1. The fourth-order valence-corrected chi connectivity index (χ4v) is 5.09. The molecule has 4 rings (SSSR count). The third kappa shape index (κ3) is 8.24. The van der Waals surface area contributed by atoms with E-state index in [-0.39, 0.29) is 17.5 Å². The summed E-state index contributed by atoms with van der Waals surface area (Å²) in [7, 11) is 0. The summed E-state index contributed by atoms with van der Waals surface area (Å²) >= 11 is 7.49. The first-order valence-corrected chi connectivity index (χ1v) is 15.1. The zero-order chi connectivity index (χ0) is 30.1. The van der Waals surface area contributed by atoms with E-state index < -0.39 is 0 Å². The van der Waals surface area contributed by atoms with Crippen molar-refractivity contribution >= 4 is 52.0 Å². The topological polar surface area (TPSA) is 121 Å². The van der Waals surface area contributed by atoms with Gasteiger partial charge in [-0.15, -0.1) is 0 Å². The van der Waals surface area contributed by atoms with E-state index in [9.17, 15) is 9.59 Å². The molecular formula is C32H36ClN5O3S. The monoisotopic (exact) mass is 605 g/mol. The summed E-state index contributed by atoms with van der Waals surface area (Å²) in [6.07, 6.45) is 2.87. The third-order valence-electron chi connectivity index (χ3n) is 6.65. The van der Waals surface area contributed by atoms with Crippen LogP contribution in [0.2, 0.25) is 5.02 Å². The zero-order valence-corrected chi connectivity index (χ0v) is 25.5. The van der Waals surface area contributed by atoms with Gasteiger partial charge in [-0.25, -0.2) is 0 Å². The average molecular weight is 606 g/mol. The van der Waals surface area contributed by atoms with Crippen LogP contribution in [0.4, 0.5) is 5.69 Å². The molecule has 1 aromatic heterocycles. The van der Waals surface area contributed by atoms with E-state index in [2.05, 4.69) is 20.3 Å². The molecule has 0 aliphatic carbocycles. The van der Waals surface area contributed by atoms with E-state index in [4.69, 9.17) is 22.1 Å². The summed E-state index contributed by atoms with van der Waals surface area (Å²) in [5.74, 6) is 0.656. The fraction of sp³-hybridized carbons (Fsp3) is 0.250. The second-order valence-electron chi connectivity index (χ2n) is 9.99. The molecule has 0 radical (unpaired) electrons. The van der Waals surface area contributed by atoms with Gasteiger partial charge in [0.05, 0.1) is 6.61 Å². The molecule has 3 aromatic carbocycles. The number of para-hydroxylation sites is 1. The Balaban J connectivity index is 1.25. The summed E-state index contributed by atoms with van der Waals surface area (Å²) < 4.78 is 8.86. The highest BCUT2D eigenvalue weighted by molar-refractivity contribution is 7.97. The second-order valence-corrected chi connectivity index (χ2v) is 11.3. The SMILES string of the molecule is Cc1ccc(N/C=C(\N)C(=O)NCCSNC(=O)c2[nH]c3ccccc3c2CCCOc2cc(C)c(Cl)c(C)c2)cc1. The Bertz CT molecular complexity index is 1560. The van der Waals surface area contributed by atoms with Gasteiger partial charge in [-0.3, -0.25) is 14.3 Å². The number of nitrogens with one attached hydrogen (secondary N) is 4. The van der Waals surface area contributed by atoms with Crippen molar-refractivity contribution in [1.29, 1.82) is 0 Å². The number of hydrogen-bond acceptors (Lipinski definition) is 6. The van der Waals surface area contributed by atoms with Crippen molar-refractivity contribution in [2.45, 2.75) is 33.6 Å². The molecule has 1 heterocycles. The molecule has 4 aromatic rings. The van der Waals surface area contributed by atoms with Crippen LogP contribution in [0.15, 0.2) is 72.6 Å². The molecule has 6 N–H and O–H groups in total. The Hall–Kier alpha value is -4.08. The number of aryl methyl sites for hydroxylation is 4. The fourth-order valence-electron chi connectivity index (χ4n) is 4.44. The maximum atomic E-state index is 13.1. The molecule has 0 unspecified atom stereocenters. The number of fused-ring (bicyclic) bond motifs is 1. The number of benzene rings is 3. The van der Waals surface area contributed by atoms with Crippen LogP contribution in [-0.4, -0.2) is 35.7 Å². The van der Waals surface area contributed by atoms with Crippen molar-refractivity contribution in [2.24, 2.45) is 5.73 Å². The molecule has 0 aliphatic heterocycles. The lowest BCUT2D eigenvalue weighted by Crippen LogP contribution is -2.31. The molecule has 0 saturated heterocycles. The van der Waals surface area contributed by atoms with Crippen molar-refractivity contribution in [3.8, 4) is 5.75 Å². The van der Waals surface area contributed by atoms with Crippen molar-refractivity contribution in [3.63, 3.8) is 0 Å². The highest BCUT2D eigenvalue weighted by Gasteiger charge is 2.18. The number of nitrogens with two attached hydrogens (primary N) is 1. The largest absolute Gasteiger partial charge is 0.494 e. The van der Waals surface area contributed by atoms with Crippen LogP contribution in [-0.2, 0) is 11.2 Å². The quantitative estimate of drug-likeness (QED) is 0.0706. The summed E-state index contributed by atoms with van der Waals surface area (Å²) in [6.45, 7) is 6.77. The highest BCUT2D eigenvalue weighted by atomic mass is 35.5. The minimum atomic E-state index is -0.384. The number of anilines is 1. The van der Waals surface area contributed by atoms with Crippen molar-refractivity contribution in [1.82, 2.24) is 15.0 Å². The third-order valence-corrected chi connectivity index (χ3v) is 7.99. The van der Waals surface area contributed by atoms with Crippen LogP contribution < -0.4 is 25.8 Å². The lowest BCUT2D eigenvalue weighted by molar-refractivity contribution is -0.117. The van der Waals surface area contributed by atoms with Crippen molar-refractivity contribution in [3.05, 3.63) is 106 Å². The molecule has 0 atom stereocenters. The number of amides is 2. The molecule has 0 aliphatic rings. The first-order chi connectivity index (χ1) is 20.2. The molecule has 2 amide bonds. The smallest absolute Gasteiger partial charge is 0.277 e. The van der Waals surface area contributed by atoms with E-state index in [0.717, 1.165) is 56.0 Å². The first kappa shape index (κ1) is 30.9. The summed E-state index contributed by atoms with van der Waals surface area (Å²) in [4.78, 5) is 28.7. The molecule has 0 saturated carbocycles. The number of H-pyrrole nitrogens is 1. The van der Waals surface area contributed by atoms with E-state index in [1.807, 2.05) is 81.4 Å². The summed E-state index contributed by atoms with van der Waals surface area (Å²) in [6, 6.07) is 19.5. The predicted octanol–water partition coefficient (Wildman–Crippen LogP) is 6.16. The molecule has 8 nitrogen and oxygen atoms in total.